The number of hydrogen-bond acceptors (Lipinski definition) is 4. The molecular weight excluding hydrogens is 364 g/mol. The van der Waals surface area contributed by atoms with Crippen LogP contribution in [0.1, 0.15) is 57.9 Å². The Morgan fingerprint density at radius 2 is 1.86 bits per heavy atom. The molecule has 0 aliphatic carbocycles. The van der Waals surface area contributed by atoms with Crippen LogP contribution in [0.4, 0.5) is 0 Å². The number of allylic oxidation sites excluding steroid dienone is 6. The summed E-state index contributed by atoms with van der Waals surface area (Å²) in [6.07, 6.45) is 11.2. The van der Waals surface area contributed by atoms with Crippen LogP contribution >= 0.6 is 0 Å². The predicted octanol–water partition coefficient (Wildman–Crippen LogP) is 5.61. The van der Waals surface area contributed by atoms with E-state index in [9.17, 15) is 9.90 Å². The topological polar surface area (TPSA) is 59.7 Å². The third-order valence-corrected chi connectivity index (χ3v) is 5.21. The van der Waals surface area contributed by atoms with Gasteiger partial charge in [-0.2, -0.15) is 0 Å². The zero-order valence-electron chi connectivity index (χ0n) is 19.1. The molecule has 0 bridgehead atoms. The Kier molecular flexibility index (Phi) is 9.90. The summed E-state index contributed by atoms with van der Waals surface area (Å²) in [6.45, 7) is 13.5. The largest absolute Gasteiger partial charge is 0.468 e. The fraction of sp³-hybridized carbons (Fsp3) is 0.480. The summed E-state index contributed by atoms with van der Waals surface area (Å²) in [5.41, 5.74) is 4.40. The van der Waals surface area contributed by atoms with Crippen molar-refractivity contribution in [1.82, 2.24) is 0 Å². The van der Waals surface area contributed by atoms with Crippen LogP contribution in [0.15, 0.2) is 56.3 Å². The van der Waals surface area contributed by atoms with E-state index in [1.807, 2.05) is 33.8 Å². The number of aliphatic hydroxyl groups excluding tert-OH is 1. The molecule has 1 rings (SSSR count). The van der Waals surface area contributed by atoms with Gasteiger partial charge in [0.1, 0.15) is 5.76 Å². The van der Waals surface area contributed by atoms with Gasteiger partial charge in [0.2, 0.25) is 0 Å². The summed E-state index contributed by atoms with van der Waals surface area (Å²) in [6, 6.07) is 0. The van der Waals surface area contributed by atoms with Gasteiger partial charge >= 0.3 is 0 Å². The minimum atomic E-state index is -0.450. The fourth-order valence-corrected chi connectivity index (χ4v) is 3.08. The van der Waals surface area contributed by atoms with Crippen molar-refractivity contribution in [3.05, 3.63) is 74.2 Å². The van der Waals surface area contributed by atoms with Gasteiger partial charge in [0.25, 0.3) is 5.95 Å². The molecule has 0 amide bonds. The van der Waals surface area contributed by atoms with E-state index in [-0.39, 0.29) is 17.3 Å². The highest BCUT2D eigenvalue weighted by molar-refractivity contribution is 5.30. The van der Waals surface area contributed by atoms with Gasteiger partial charge in [0, 0.05) is 17.9 Å². The van der Waals surface area contributed by atoms with Crippen LogP contribution in [0.3, 0.4) is 0 Å². The second-order valence-electron chi connectivity index (χ2n) is 7.70. The SMILES string of the molecule is C/C=C(\C)[C@@H](O)[C@@H](C)/C=C(C)/C=C/C/C(C)=C/Cc1oc(OC)c(C)c(=O)c1C. The summed E-state index contributed by atoms with van der Waals surface area (Å²) in [5, 5.41) is 10.2. The van der Waals surface area contributed by atoms with E-state index in [0.29, 0.717) is 23.3 Å². The average Bonchev–Trinajstić information content (AvgIpc) is 2.70. The fourth-order valence-electron chi connectivity index (χ4n) is 3.08. The highest BCUT2D eigenvalue weighted by atomic mass is 16.6. The van der Waals surface area contributed by atoms with E-state index in [0.717, 1.165) is 17.6 Å². The smallest absolute Gasteiger partial charge is 0.291 e. The van der Waals surface area contributed by atoms with Gasteiger partial charge in [0.05, 0.1) is 18.8 Å². The van der Waals surface area contributed by atoms with Gasteiger partial charge in [0.15, 0.2) is 5.43 Å². The Hall–Kier alpha value is -2.33. The molecule has 0 aliphatic rings. The Morgan fingerprint density at radius 3 is 2.45 bits per heavy atom. The third kappa shape index (κ3) is 7.21. The Bertz CT molecular complexity index is 866. The van der Waals surface area contributed by atoms with E-state index in [2.05, 4.69) is 31.2 Å². The van der Waals surface area contributed by atoms with Gasteiger partial charge in [-0.1, -0.05) is 48.5 Å². The highest BCUT2D eigenvalue weighted by Gasteiger charge is 2.14. The standard InChI is InChI=1S/C25H36O4/c1-9-18(4)23(26)19(5)15-17(3)12-10-11-16(2)13-14-22-20(6)24(27)21(7)25(28-8)29-22/h9-10,12-13,15,19,23,26H,11,14H2,1-8H3/b12-10+,16-13+,17-15+,18-9+/t19-,23+/m0/s1. The molecule has 29 heavy (non-hydrogen) atoms. The molecule has 0 spiro atoms. The molecule has 1 N–H and O–H groups in total. The number of ether oxygens (including phenoxy) is 1. The first-order valence-corrected chi connectivity index (χ1v) is 10.1. The summed E-state index contributed by atoms with van der Waals surface area (Å²) >= 11 is 0. The normalized spacial score (nSPS) is 15.7. The van der Waals surface area contributed by atoms with Crippen LogP contribution in [0.25, 0.3) is 0 Å². The van der Waals surface area contributed by atoms with Crippen molar-refractivity contribution in [3.8, 4) is 5.95 Å². The van der Waals surface area contributed by atoms with Crippen LogP contribution in [-0.4, -0.2) is 18.3 Å². The van der Waals surface area contributed by atoms with Crippen LogP contribution in [0.2, 0.25) is 0 Å². The van der Waals surface area contributed by atoms with Gasteiger partial charge in [-0.05, 0) is 53.5 Å². The minimum absolute atomic E-state index is 0.0285. The highest BCUT2D eigenvalue weighted by Crippen LogP contribution is 2.20. The quantitative estimate of drug-likeness (QED) is 0.432. The maximum atomic E-state index is 12.3. The molecule has 0 aliphatic heterocycles. The molecule has 0 radical (unpaired) electrons. The first-order chi connectivity index (χ1) is 13.6. The third-order valence-electron chi connectivity index (χ3n) is 5.21. The van der Waals surface area contributed by atoms with Crippen molar-refractivity contribution >= 4 is 0 Å². The van der Waals surface area contributed by atoms with Crippen molar-refractivity contribution < 1.29 is 14.3 Å². The summed E-state index contributed by atoms with van der Waals surface area (Å²) in [7, 11) is 1.51. The van der Waals surface area contributed by atoms with Crippen LogP contribution in [0, 0.1) is 19.8 Å². The van der Waals surface area contributed by atoms with E-state index in [1.165, 1.54) is 12.7 Å². The van der Waals surface area contributed by atoms with E-state index in [4.69, 9.17) is 9.15 Å². The van der Waals surface area contributed by atoms with Crippen LogP contribution < -0.4 is 10.2 Å². The molecule has 0 saturated heterocycles. The molecule has 0 aromatic carbocycles. The van der Waals surface area contributed by atoms with E-state index < -0.39 is 6.10 Å². The lowest BCUT2D eigenvalue weighted by molar-refractivity contribution is 0.173. The van der Waals surface area contributed by atoms with Crippen molar-refractivity contribution in [1.29, 1.82) is 0 Å². The number of rotatable bonds is 9. The van der Waals surface area contributed by atoms with Crippen molar-refractivity contribution in [2.45, 2.75) is 67.4 Å². The Balaban J connectivity index is 2.77. The van der Waals surface area contributed by atoms with Crippen molar-refractivity contribution in [2.24, 2.45) is 5.92 Å². The molecule has 1 aromatic rings. The van der Waals surface area contributed by atoms with Crippen LogP contribution in [-0.2, 0) is 6.42 Å². The maximum absolute atomic E-state index is 12.3. The van der Waals surface area contributed by atoms with E-state index in [1.54, 1.807) is 13.8 Å². The monoisotopic (exact) mass is 400 g/mol. The molecular formula is C25H36O4. The lowest BCUT2D eigenvalue weighted by Gasteiger charge is -2.16. The molecule has 1 heterocycles. The molecule has 160 valence electrons. The summed E-state index contributed by atoms with van der Waals surface area (Å²) in [4.78, 5) is 12.3. The summed E-state index contributed by atoms with van der Waals surface area (Å²) in [5.74, 6) is 0.987. The van der Waals surface area contributed by atoms with Gasteiger partial charge in [-0.15, -0.1) is 0 Å². The van der Waals surface area contributed by atoms with Crippen molar-refractivity contribution in [2.75, 3.05) is 7.11 Å². The zero-order valence-corrected chi connectivity index (χ0v) is 19.1. The lowest BCUT2D eigenvalue weighted by Crippen LogP contribution is -2.17. The second kappa shape index (κ2) is 11.6. The minimum Gasteiger partial charge on any atom is -0.468 e. The molecule has 4 nitrogen and oxygen atoms in total. The number of hydrogen-bond donors (Lipinski definition) is 1. The van der Waals surface area contributed by atoms with Crippen LogP contribution in [0.5, 0.6) is 5.95 Å². The Morgan fingerprint density at radius 1 is 1.21 bits per heavy atom. The molecule has 4 heteroatoms. The number of aliphatic hydroxyl groups is 1. The van der Waals surface area contributed by atoms with Gasteiger partial charge in [-0.3, -0.25) is 4.79 Å². The molecule has 1 aromatic heterocycles. The molecule has 0 saturated carbocycles. The molecule has 0 fully saturated rings. The first-order valence-electron chi connectivity index (χ1n) is 10.1. The van der Waals surface area contributed by atoms with Gasteiger partial charge in [-0.25, -0.2) is 0 Å². The van der Waals surface area contributed by atoms with Gasteiger partial charge < -0.3 is 14.3 Å². The van der Waals surface area contributed by atoms with Crippen molar-refractivity contribution in [3.63, 3.8) is 0 Å². The molecule has 0 unspecified atom stereocenters. The maximum Gasteiger partial charge on any atom is 0.291 e. The first kappa shape index (κ1) is 24.7. The zero-order chi connectivity index (χ0) is 22.1. The average molecular weight is 401 g/mol. The number of methoxy groups -OCH3 is 1. The Labute approximate surface area is 175 Å². The second-order valence-corrected chi connectivity index (χ2v) is 7.70. The molecule has 2 atom stereocenters. The summed E-state index contributed by atoms with van der Waals surface area (Å²) < 4.78 is 10.9. The lowest BCUT2D eigenvalue weighted by atomic mass is 9.96. The van der Waals surface area contributed by atoms with E-state index >= 15 is 0 Å². The predicted molar refractivity (Wildman–Crippen MR) is 121 cm³/mol.